The highest BCUT2D eigenvalue weighted by atomic mass is 16.6. The van der Waals surface area contributed by atoms with E-state index in [4.69, 9.17) is 0 Å². The van der Waals surface area contributed by atoms with Gasteiger partial charge in [0.15, 0.2) is 0 Å². The molecule has 0 radical (unpaired) electrons. The van der Waals surface area contributed by atoms with Gasteiger partial charge in [-0.1, -0.05) is 42.0 Å². The summed E-state index contributed by atoms with van der Waals surface area (Å²) in [6, 6.07) is 18.9. The lowest BCUT2D eigenvalue weighted by Gasteiger charge is -2.26. The molecule has 1 aliphatic rings. The van der Waals surface area contributed by atoms with Crippen LogP contribution in [0.15, 0.2) is 72.8 Å². The molecule has 0 saturated heterocycles. The summed E-state index contributed by atoms with van der Waals surface area (Å²) in [4.78, 5) is 37.7. The molecule has 1 atom stereocenters. The van der Waals surface area contributed by atoms with Crippen LogP contribution in [0.4, 0.5) is 11.4 Å². The van der Waals surface area contributed by atoms with Gasteiger partial charge in [0.05, 0.1) is 27.8 Å². The molecule has 9 nitrogen and oxygen atoms in total. The van der Waals surface area contributed by atoms with E-state index in [1.807, 2.05) is 31.2 Å². The fraction of sp³-hybridized carbons (Fsp3) is 0.0800. The van der Waals surface area contributed by atoms with Gasteiger partial charge in [-0.05, 0) is 37.3 Å². The summed E-state index contributed by atoms with van der Waals surface area (Å²) < 4.78 is 0. The molecule has 0 spiro atoms. The summed E-state index contributed by atoms with van der Waals surface area (Å²) in [6.07, 6.45) is 0. The number of carboxylic acid groups (broad SMARTS) is 1. The number of carbonyl (C=O) groups excluding carboxylic acids is 1. The minimum absolute atomic E-state index is 0.0677. The molecule has 0 fully saturated rings. The van der Waals surface area contributed by atoms with Gasteiger partial charge >= 0.3 is 5.97 Å². The summed E-state index contributed by atoms with van der Waals surface area (Å²) in [5.74, 6) is -1.50. The number of aromatic amines is 1. The van der Waals surface area contributed by atoms with E-state index in [0.29, 0.717) is 22.5 Å². The number of carboxylic acids is 1. The quantitative estimate of drug-likeness (QED) is 0.331. The standard InChI is InChI=1S/C25H18N4O5/c1-14-6-8-15(9-7-14)21-20-22(27-26-21)24(30)28(17-12-10-16(11-13-17)25(31)32)23(20)18-4-2-3-5-19(18)29(33)34/h2-13,23H,1H3,(H,26,27)(H,31,32)/t23-/m1/s1. The fourth-order valence-electron chi connectivity index (χ4n) is 4.29. The van der Waals surface area contributed by atoms with E-state index in [2.05, 4.69) is 10.2 Å². The molecule has 2 heterocycles. The summed E-state index contributed by atoms with van der Waals surface area (Å²) in [7, 11) is 0. The predicted molar refractivity (Wildman–Crippen MR) is 124 cm³/mol. The third-order valence-corrected chi connectivity index (χ3v) is 5.91. The molecular weight excluding hydrogens is 436 g/mol. The minimum Gasteiger partial charge on any atom is -0.478 e. The molecule has 0 bridgehead atoms. The number of para-hydroxylation sites is 1. The van der Waals surface area contributed by atoms with Crippen molar-refractivity contribution in [3.63, 3.8) is 0 Å². The highest BCUT2D eigenvalue weighted by Crippen LogP contribution is 2.47. The second-order valence-corrected chi connectivity index (χ2v) is 7.97. The topological polar surface area (TPSA) is 129 Å². The van der Waals surface area contributed by atoms with Crippen molar-refractivity contribution < 1.29 is 19.6 Å². The molecule has 9 heteroatoms. The number of aromatic carboxylic acids is 1. The van der Waals surface area contributed by atoms with Crippen LogP contribution in [0.5, 0.6) is 0 Å². The van der Waals surface area contributed by atoms with Crippen molar-refractivity contribution >= 4 is 23.3 Å². The summed E-state index contributed by atoms with van der Waals surface area (Å²) in [5, 5.41) is 28.3. The van der Waals surface area contributed by atoms with Gasteiger partial charge in [-0.3, -0.25) is 24.9 Å². The number of nitro benzene ring substituents is 1. The van der Waals surface area contributed by atoms with Crippen molar-refractivity contribution in [2.75, 3.05) is 4.90 Å². The van der Waals surface area contributed by atoms with E-state index in [9.17, 15) is 24.8 Å². The van der Waals surface area contributed by atoms with Gasteiger partial charge in [-0.15, -0.1) is 0 Å². The van der Waals surface area contributed by atoms with Crippen molar-refractivity contribution in [3.8, 4) is 11.3 Å². The number of carbonyl (C=O) groups is 2. The van der Waals surface area contributed by atoms with Crippen LogP contribution in [0.2, 0.25) is 0 Å². The van der Waals surface area contributed by atoms with Gasteiger partial charge in [0.2, 0.25) is 0 Å². The van der Waals surface area contributed by atoms with E-state index in [1.54, 1.807) is 18.2 Å². The summed E-state index contributed by atoms with van der Waals surface area (Å²) >= 11 is 0. The molecule has 34 heavy (non-hydrogen) atoms. The molecule has 168 valence electrons. The number of benzene rings is 3. The monoisotopic (exact) mass is 454 g/mol. The normalized spacial score (nSPS) is 14.8. The van der Waals surface area contributed by atoms with E-state index in [-0.39, 0.29) is 16.9 Å². The van der Waals surface area contributed by atoms with Crippen molar-refractivity contribution in [2.24, 2.45) is 0 Å². The molecule has 3 aromatic carbocycles. The van der Waals surface area contributed by atoms with Crippen LogP contribution in [0.3, 0.4) is 0 Å². The SMILES string of the molecule is Cc1ccc(-c2n[nH]c3c2[C@@H](c2ccccc2[N+](=O)[O-])N(c2ccc(C(=O)O)cc2)C3=O)cc1. The first-order valence-electron chi connectivity index (χ1n) is 10.4. The Kier molecular flexibility index (Phi) is 4.94. The zero-order valence-electron chi connectivity index (χ0n) is 17.9. The van der Waals surface area contributed by atoms with Crippen molar-refractivity contribution in [1.82, 2.24) is 10.2 Å². The smallest absolute Gasteiger partial charge is 0.335 e. The van der Waals surface area contributed by atoms with Gasteiger partial charge in [0, 0.05) is 22.9 Å². The van der Waals surface area contributed by atoms with Crippen molar-refractivity contribution in [1.29, 1.82) is 0 Å². The number of hydrogen-bond donors (Lipinski definition) is 2. The van der Waals surface area contributed by atoms with Crippen molar-refractivity contribution in [2.45, 2.75) is 13.0 Å². The molecule has 2 N–H and O–H groups in total. The second-order valence-electron chi connectivity index (χ2n) is 7.97. The van der Waals surface area contributed by atoms with Crippen LogP contribution in [0.1, 0.15) is 43.6 Å². The molecule has 4 aromatic rings. The summed E-state index contributed by atoms with van der Waals surface area (Å²) in [5.41, 5.74) is 3.80. The Balaban J connectivity index is 1.74. The van der Waals surface area contributed by atoms with Gasteiger partial charge in [-0.25, -0.2) is 4.79 Å². The Morgan fingerprint density at radius 2 is 1.74 bits per heavy atom. The maximum atomic E-state index is 13.5. The first-order chi connectivity index (χ1) is 16.4. The molecule has 0 aliphatic carbocycles. The van der Waals surface area contributed by atoms with Crippen molar-refractivity contribution in [3.05, 3.63) is 111 Å². The van der Waals surface area contributed by atoms with E-state index in [0.717, 1.165) is 11.1 Å². The Morgan fingerprint density at radius 1 is 1.06 bits per heavy atom. The summed E-state index contributed by atoms with van der Waals surface area (Å²) in [6.45, 7) is 1.96. The average Bonchev–Trinajstić information content (AvgIpc) is 3.38. The van der Waals surface area contributed by atoms with Gasteiger partial charge in [0.1, 0.15) is 5.69 Å². The fourth-order valence-corrected chi connectivity index (χ4v) is 4.29. The van der Waals surface area contributed by atoms with E-state index >= 15 is 0 Å². The number of anilines is 1. The largest absolute Gasteiger partial charge is 0.478 e. The van der Waals surface area contributed by atoms with Crippen LogP contribution in [-0.2, 0) is 0 Å². The number of fused-ring (bicyclic) bond motifs is 1. The molecule has 1 aromatic heterocycles. The van der Waals surface area contributed by atoms with Gasteiger partial charge in [-0.2, -0.15) is 5.10 Å². The molecule has 5 rings (SSSR count). The maximum Gasteiger partial charge on any atom is 0.335 e. The molecular formula is C25H18N4O5. The molecule has 0 saturated carbocycles. The third kappa shape index (κ3) is 3.30. The lowest BCUT2D eigenvalue weighted by molar-refractivity contribution is -0.385. The molecule has 0 unspecified atom stereocenters. The first-order valence-corrected chi connectivity index (χ1v) is 10.4. The van der Waals surface area contributed by atoms with Crippen LogP contribution in [0, 0.1) is 17.0 Å². The Bertz CT molecular complexity index is 1440. The number of nitrogens with one attached hydrogen (secondary N) is 1. The number of hydrogen-bond acceptors (Lipinski definition) is 5. The zero-order valence-corrected chi connectivity index (χ0v) is 17.9. The highest BCUT2D eigenvalue weighted by molar-refractivity contribution is 6.12. The zero-order chi connectivity index (χ0) is 24.0. The first kappa shape index (κ1) is 21.1. The maximum absolute atomic E-state index is 13.5. The Labute approximate surface area is 193 Å². The third-order valence-electron chi connectivity index (χ3n) is 5.91. The van der Waals surface area contributed by atoms with Gasteiger partial charge in [0.25, 0.3) is 11.6 Å². The van der Waals surface area contributed by atoms with Gasteiger partial charge < -0.3 is 5.11 Å². The number of aryl methyl sites for hydroxylation is 1. The second kappa shape index (κ2) is 7.96. The van der Waals surface area contributed by atoms with Crippen LogP contribution < -0.4 is 4.90 Å². The lowest BCUT2D eigenvalue weighted by Crippen LogP contribution is -2.29. The van der Waals surface area contributed by atoms with E-state index < -0.39 is 22.8 Å². The number of amides is 1. The lowest BCUT2D eigenvalue weighted by atomic mass is 9.94. The van der Waals surface area contributed by atoms with Crippen LogP contribution >= 0.6 is 0 Å². The Hall–Kier alpha value is -4.79. The highest BCUT2D eigenvalue weighted by Gasteiger charge is 2.45. The average molecular weight is 454 g/mol. The number of rotatable bonds is 5. The van der Waals surface area contributed by atoms with Crippen LogP contribution in [0.25, 0.3) is 11.3 Å². The Morgan fingerprint density at radius 3 is 2.38 bits per heavy atom. The van der Waals surface area contributed by atoms with Crippen LogP contribution in [-0.4, -0.2) is 32.1 Å². The molecule has 1 amide bonds. The number of aromatic nitrogens is 2. The molecule has 1 aliphatic heterocycles. The number of nitro groups is 1. The number of nitrogens with zero attached hydrogens (tertiary/aromatic N) is 3. The van der Waals surface area contributed by atoms with E-state index in [1.165, 1.54) is 35.2 Å². The number of H-pyrrole nitrogens is 1. The minimum atomic E-state index is -1.09. The predicted octanol–water partition coefficient (Wildman–Crippen LogP) is 4.74.